The van der Waals surface area contributed by atoms with Gasteiger partial charge < -0.3 is 24.1 Å². The topological polar surface area (TPSA) is 129 Å². The van der Waals surface area contributed by atoms with Gasteiger partial charge >= 0.3 is 12.1 Å². The largest absolute Gasteiger partial charge is 0.457 e. The van der Waals surface area contributed by atoms with Crippen molar-refractivity contribution in [3.05, 3.63) is 83.6 Å². The highest BCUT2D eigenvalue weighted by Gasteiger charge is 2.57. The molecule has 2 aliphatic rings. The maximum atomic E-state index is 13.3. The lowest BCUT2D eigenvalue weighted by atomic mass is 9.82. The Morgan fingerprint density at radius 3 is 2.55 bits per heavy atom. The Kier molecular flexibility index (Phi) is 10.3. The molecule has 0 bridgehead atoms. The number of carbonyl (C=O) groups excluding carboxylic acids is 4. The normalized spacial score (nSPS) is 18.3. The number of ether oxygens (including phenoxy) is 2. The smallest absolute Gasteiger partial charge is 0.419 e. The van der Waals surface area contributed by atoms with E-state index in [0.29, 0.717) is 33.8 Å². The first-order valence-corrected chi connectivity index (χ1v) is 18.0. The van der Waals surface area contributed by atoms with Crippen molar-refractivity contribution >= 4 is 49.4 Å². The Bertz CT molecular complexity index is 1510. The molecule has 3 atom stereocenters. The molecule has 2 aliphatic heterocycles. The monoisotopic (exact) mass is 640 g/mol. The van der Waals surface area contributed by atoms with Crippen LogP contribution in [0.3, 0.4) is 0 Å². The second kappa shape index (κ2) is 13.7. The van der Waals surface area contributed by atoms with E-state index in [1.807, 2.05) is 6.92 Å². The number of nitrogens with zero attached hydrogens (tertiary/aromatic N) is 3. The van der Waals surface area contributed by atoms with Crippen LogP contribution in [0.5, 0.6) is 0 Å². The number of hydrogen-bond acceptors (Lipinski definition) is 8. The van der Waals surface area contributed by atoms with Crippen molar-refractivity contribution in [1.29, 1.82) is 0 Å². The molecule has 2 aromatic rings. The minimum atomic E-state index is -1.90. The zero-order valence-corrected chi connectivity index (χ0v) is 27.1. The van der Waals surface area contributed by atoms with Gasteiger partial charge in [0.15, 0.2) is 8.32 Å². The van der Waals surface area contributed by atoms with E-state index in [2.05, 4.69) is 43.1 Å². The van der Waals surface area contributed by atoms with Crippen LogP contribution in [0.15, 0.2) is 61.7 Å². The number of hydrogen-bond donors (Lipinski definition) is 1. The average Bonchev–Trinajstić information content (AvgIpc) is 3.56. The van der Waals surface area contributed by atoms with Crippen molar-refractivity contribution < 1.29 is 33.1 Å². The van der Waals surface area contributed by atoms with Gasteiger partial charge in [0.1, 0.15) is 25.2 Å². The van der Waals surface area contributed by atoms with Crippen LogP contribution >= 0.6 is 11.6 Å². The first-order chi connectivity index (χ1) is 20.9. The second-order valence-corrected chi connectivity index (χ2v) is 16.4. The number of aromatic nitrogens is 2. The summed E-state index contributed by atoms with van der Waals surface area (Å²) in [5.41, 5.74) is 2.51. The number of imidazole rings is 1. The Morgan fingerprint density at radius 2 is 1.89 bits per heavy atom. The first kappa shape index (κ1) is 32.9. The molecule has 0 aliphatic carbocycles. The number of rotatable bonds is 13. The van der Waals surface area contributed by atoms with Gasteiger partial charge in [0.25, 0.3) is 0 Å². The van der Waals surface area contributed by atoms with Crippen molar-refractivity contribution in [2.75, 3.05) is 13.2 Å². The molecule has 2 amide bonds. The molecule has 3 heterocycles. The predicted octanol–water partition coefficient (Wildman–Crippen LogP) is 4.48. The lowest BCUT2D eigenvalue weighted by molar-refractivity contribution is -0.161. The third-order valence-corrected chi connectivity index (χ3v) is 8.67. The van der Waals surface area contributed by atoms with Crippen molar-refractivity contribution in [2.45, 2.75) is 58.1 Å². The standard InChI is InChI=1S/C31H37ClN4O7Si/c1-7-11-41-30(39)28-23(15-25-27(29(38)36(25)28)19(3)43-44(4,5)6)20-9-10-21(24(32)13-20)14-26(37)34-17-22-16-33-18-35(22)31(40)42-12-8-2/h7-10,13,16,18-19,25,27H,1-2,11-12,14-15,17H2,3-6H3,(H,34,37)/t19-,25-,27-/m1/s1. The highest BCUT2D eigenvalue weighted by Crippen LogP contribution is 2.48. The number of esters is 1. The van der Waals surface area contributed by atoms with Gasteiger partial charge in [-0.3, -0.25) is 9.59 Å². The van der Waals surface area contributed by atoms with E-state index in [4.69, 9.17) is 25.5 Å². The zero-order valence-electron chi connectivity index (χ0n) is 25.3. The second-order valence-electron chi connectivity index (χ2n) is 11.5. The van der Waals surface area contributed by atoms with E-state index >= 15 is 0 Å². The van der Waals surface area contributed by atoms with Crippen LogP contribution < -0.4 is 5.32 Å². The van der Waals surface area contributed by atoms with E-state index in [-0.39, 0.29) is 61.8 Å². The first-order valence-electron chi connectivity index (χ1n) is 14.2. The van der Waals surface area contributed by atoms with E-state index < -0.39 is 20.4 Å². The van der Waals surface area contributed by atoms with Gasteiger partial charge in [0.2, 0.25) is 11.8 Å². The molecule has 1 aromatic heterocycles. The maximum Gasteiger partial charge on any atom is 0.419 e. The van der Waals surface area contributed by atoms with E-state index in [1.165, 1.54) is 34.1 Å². The molecule has 11 nitrogen and oxygen atoms in total. The zero-order chi connectivity index (χ0) is 32.2. The highest BCUT2D eigenvalue weighted by molar-refractivity contribution is 6.69. The molecule has 0 spiro atoms. The SMILES string of the molecule is C=CCOC(=O)C1=C(c2ccc(CC(=O)NCc3cncn3C(=O)OCC=C)c(Cl)c2)C[C@@H]2[C@@H]([C@@H](C)O[Si](C)(C)C)C(=O)N12. The van der Waals surface area contributed by atoms with Crippen LogP contribution in [0, 0.1) is 5.92 Å². The van der Waals surface area contributed by atoms with Crippen LogP contribution in [-0.4, -0.2) is 72.0 Å². The molecular weight excluding hydrogens is 604 g/mol. The summed E-state index contributed by atoms with van der Waals surface area (Å²) in [5, 5.41) is 3.09. The minimum Gasteiger partial charge on any atom is -0.457 e. The maximum absolute atomic E-state index is 13.3. The van der Waals surface area contributed by atoms with Crippen LogP contribution in [0.25, 0.3) is 5.57 Å². The molecule has 0 unspecified atom stereocenters. The molecule has 44 heavy (non-hydrogen) atoms. The van der Waals surface area contributed by atoms with Crippen molar-refractivity contribution in [3.63, 3.8) is 0 Å². The average molecular weight is 641 g/mol. The number of carbonyl (C=O) groups is 4. The summed E-state index contributed by atoms with van der Waals surface area (Å²) in [4.78, 5) is 56.8. The Morgan fingerprint density at radius 1 is 1.18 bits per heavy atom. The molecule has 1 saturated heterocycles. The van der Waals surface area contributed by atoms with Crippen LogP contribution in [0.2, 0.25) is 24.7 Å². The van der Waals surface area contributed by atoms with Gasteiger partial charge in [-0.05, 0) is 55.8 Å². The molecule has 234 valence electrons. The highest BCUT2D eigenvalue weighted by atomic mass is 35.5. The summed E-state index contributed by atoms with van der Waals surface area (Å²) in [5.74, 6) is -1.48. The lowest BCUT2D eigenvalue weighted by Gasteiger charge is -2.47. The molecule has 1 fully saturated rings. The number of nitrogens with one attached hydrogen (secondary N) is 1. The quantitative estimate of drug-likeness (QED) is 0.147. The summed E-state index contributed by atoms with van der Waals surface area (Å²) in [6.07, 6.45) is 5.17. The molecular formula is C31H37ClN4O7Si. The molecule has 0 radical (unpaired) electrons. The van der Waals surface area contributed by atoms with Crippen molar-refractivity contribution in [2.24, 2.45) is 5.92 Å². The Balaban J connectivity index is 1.49. The fourth-order valence-electron chi connectivity index (χ4n) is 5.46. The summed E-state index contributed by atoms with van der Waals surface area (Å²) in [6.45, 7) is 15.3. The number of β-lactam (4-membered cyclic amide) rings is 1. The van der Waals surface area contributed by atoms with Crippen molar-refractivity contribution in [1.82, 2.24) is 19.8 Å². The lowest BCUT2D eigenvalue weighted by Crippen LogP contribution is -2.63. The van der Waals surface area contributed by atoms with Gasteiger partial charge in [0, 0.05) is 5.02 Å². The van der Waals surface area contributed by atoms with E-state index in [1.54, 1.807) is 18.2 Å². The molecule has 1 aromatic carbocycles. The van der Waals surface area contributed by atoms with Crippen LogP contribution in [0.4, 0.5) is 4.79 Å². The molecule has 0 saturated carbocycles. The summed E-state index contributed by atoms with van der Waals surface area (Å²) < 4.78 is 17.8. The van der Waals surface area contributed by atoms with Gasteiger partial charge in [-0.2, -0.15) is 0 Å². The van der Waals surface area contributed by atoms with Gasteiger partial charge in [-0.1, -0.05) is 49.0 Å². The van der Waals surface area contributed by atoms with Crippen molar-refractivity contribution in [3.8, 4) is 0 Å². The van der Waals surface area contributed by atoms with Gasteiger partial charge in [0.05, 0.1) is 42.9 Å². The Hall–Kier alpha value is -4.00. The molecule has 1 N–H and O–H groups in total. The molecule has 13 heteroatoms. The summed E-state index contributed by atoms with van der Waals surface area (Å²) in [6, 6.07) is 4.96. The Labute approximate surface area is 262 Å². The fraction of sp³-hybridized carbons (Fsp3) is 0.387. The number of amides is 2. The fourth-order valence-corrected chi connectivity index (χ4v) is 6.97. The number of halogens is 1. The van der Waals surface area contributed by atoms with Crippen LogP contribution in [-0.2, 0) is 41.2 Å². The third-order valence-electron chi connectivity index (χ3n) is 7.24. The molecule has 4 rings (SSSR count). The summed E-state index contributed by atoms with van der Waals surface area (Å²) in [7, 11) is -1.90. The predicted molar refractivity (Wildman–Crippen MR) is 167 cm³/mol. The van der Waals surface area contributed by atoms with Gasteiger partial charge in [-0.15, -0.1) is 0 Å². The van der Waals surface area contributed by atoms with E-state index in [9.17, 15) is 19.2 Å². The van der Waals surface area contributed by atoms with E-state index in [0.717, 1.165) is 0 Å². The number of benzene rings is 1. The minimum absolute atomic E-state index is 0.00643. The third kappa shape index (κ3) is 7.20. The number of fused-ring (bicyclic) bond motifs is 1. The van der Waals surface area contributed by atoms with Crippen LogP contribution in [0.1, 0.15) is 30.2 Å². The summed E-state index contributed by atoms with van der Waals surface area (Å²) >= 11 is 6.64. The van der Waals surface area contributed by atoms with Gasteiger partial charge in [-0.25, -0.2) is 19.1 Å².